The maximum absolute atomic E-state index is 9.45. The quantitative estimate of drug-likeness (QED) is 0.582. The Balaban J connectivity index is 3.39. The van der Waals surface area contributed by atoms with Crippen molar-refractivity contribution in [3.63, 3.8) is 0 Å². The third-order valence-corrected chi connectivity index (χ3v) is 1.56. The summed E-state index contributed by atoms with van der Waals surface area (Å²) in [5, 5.41) is 14.0. The van der Waals surface area contributed by atoms with Crippen LogP contribution in [0.4, 0.5) is 0 Å². The SMILES string of the molecule is CN/N=c1\c(C)cn(C)cc1O. The normalized spacial score (nSPS) is 11.8. The lowest BCUT2D eigenvalue weighted by atomic mass is 10.3. The summed E-state index contributed by atoms with van der Waals surface area (Å²) in [6.45, 7) is 1.90. The van der Waals surface area contributed by atoms with Crippen LogP contribution in [0.1, 0.15) is 5.56 Å². The lowest BCUT2D eigenvalue weighted by Crippen LogP contribution is -2.14. The van der Waals surface area contributed by atoms with Gasteiger partial charge in [0.05, 0.1) is 0 Å². The molecule has 0 radical (unpaired) electrons. The Morgan fingerprint density at radius 2 is 2.17 bits per heavy atom. The molecular weight excluding hydrogens is 154 g/mol. The second kappa shape index (κ2) is 3.30. The number of aromatic hydroxyl groups is 1. The molecule has 12 heavy (non-hydrogen) atoms. The average molecular weight is 167 g/mol. The molecule has 0 atom stereocenters. The number of pyridine rings is 1. The molecule has 0 saturated carbocycles. The number of aromatic nitrogens is 1. The Morgan fingerprint density at radius 3 is 2.67 bits per heavy atom. The first-order valence-electron chi connectivity index (χ1n) is 3.71. The van der Waals surface area contributed by atoms with E-state index in [1.54, 1.807) is 17.8 Å². The van der Waals surface area contributed by atoms with Gasteiger partial charge in [-0.2, -0.15) is 5.10 Å². The fraction of sp³-hybridized carbons (Fsp3) is 0.375. The molecule has 1 aromatic heterocycles. The lowest BCUT2D eigenvalue weighted by Gasteiger charge is -2.02. The number of aryl methyl sites for hydroxylation is 2. The van der Waals surface area contributed by atoms with Crippen LogP contribution < -0.4 is 10.8 Å². The fourth-order valence-corrected chi connectivity index (χ4v) is 1.12. The van der Waals surface area contributed by atoms with Crippen molar-refractivity contribution in [1.82, 2.24) is 9.99 Å². The van der Waals surface area contributed by atoms with Gasteiger partial charge in [0.25, 0.3) is 0 Å². The summed E-state index contributed by atoms with van der Waals surface area (Å²) in [7, 11) is 3.56. The summed E-state index contributed by atoms with van der Waals surface area (Å²) in [5.41, 5.74) is 3.58. The molecule has 0 aliphatic rings. The number of hydrogen-bond donors (Lipinski definition) is 2. The Labute approximate surface area is 71.2 Å². The topological polar surface area (TPSA) is 49.5 Å². The molecule has 2 N–H and O–H groups in total. The molecular formula is C8H13N3O. The van der Waals surface area contributed by atoms with Gasteiger partial charge in [0.15, 0.2) is 5.75 Å². The maximum Gasteiger partial charge on any atom is 0.159 e. The monoisotopic (exact) mass is 167 g/mol. The molecule has 1 heterocycles. The van der Waals surface area contributed by atoms with E-state index in [0.717, 1.165) is 5.56 Å². The third-order valence-electron chi connectivity index (χ3n) is 1.56. The molecule has 0 fully saturated rings. The van der Waals surface area contributed by atoms with Crippen molar-refractivity contribution in [1.29, 1.82) is 0 Å². The molecule has 0 bridgehead atoms. The molecule has 1 rings (SSSR count). The zero-order chi connectivity index (χ0) is 9.14. The standard InChI is InChI=1S/C8H13N3O/c1-6-4-11(3)5-7(12)8(6)10-9-2/h4-5,9,12H,1-3H3/b10-8+. The van der Waals surface area contributed by atoms with Gasteiger partial charge in [0.2, 0.25) is 0 Å². The van der Waals surface area contributed by atoms with Crippen LogP contribution in [0.5, 0.6) is 5.75 Å². The van der Waals surface area contributed by atoms with Crippen LogP contribution in [0.25, 0.3) is 0 Å². The highest BCUT2D eigenvalue weighted by molar-refractivity contribution is 5.21. The second-order valence-electron chi connectivity index (χ2n) is 2.68. The molecule has 1 aromatic rings. The number of nitrogens with zero attached hydrogens (tertiary/aromatic N) is 2. The minimum Gasteiger partial charge on any atom is -0.504 e. The molecule has 4 nitrogen and oxygen atoms in total. The molecule has 0 aliphatic heterocycles. The number of nitrogens with one attached hydrogen (secondary N) is 1. The summed E-state index contributed by atoms with van der Waals surface area (Å²) >= 11 is 0. The second-order valence-corrected chi connectivity index (χ2v) is 2.68. The summed E-state index contributed by atoms with van der Waals surface area (Å²) in [4.78, 5) is 0. The van der Waals surface area contributed by atoms with Crippen molar-refractivity contribution in [2.45, 2.75) is 6.92 Å². The first kappa shape index (κ1) is 8.64. The Morgan fingerprint density at radius 1 is 1.50 bits per heavy atom. The molecule has 0 aliphatic carbocycles. The van der Waals surface area contributed by atoms with Crippen LogP contribution in [0, 0.1) is 6.92 Å². The zero-order valence-electron chi connectivity index (χ0n) is 7.50. The Hall–Kier alpha value is -1.45. The van der Waals surface area contributed by atoms with Gasteiger partial charge in [0, 0.05) is 26.5 Å². The lowest BCUT2D eigenvalue weighted by molar-refractivity contribution is 0.458. The fourth-order valence-electron chi connectivity index (χ4n) is 1.12. The van der Waals surface area contributed by atoms with E-state index in [1.165, 1.54) is 0 Å². The third kappa shape index (κ3) is 1.58. The first-order valence-corrected chi connectivity index (χ1v) is 3.71. The highest BCUT2D eigenvalue weighted by Gasteiger charge is 1.97. The summed E-state index contributed by atoms with van der Waals surface area (Å²) in [5.74, 6) is 0.187. The first-order chi connectivity index (χ1) is 5.65. The van der Waals surface area contributed by atoms with E-state index in [9.17, 15) is 5.11 Å². The van der Waals surface area contributed by atoms with E-state index in [2.05, 4.69) is 10.5 Å². The smallest absolute Gasteiger partial charge is 0.159 e. The van der Waals surface area contributed by atoms with E-state index in [-0.39, 0.29) is 5.75 Å². The van der Waals surface area contributed by atoms with E-state index < -0.39 is 0 Å². The maximum atomic E-state index is 9.45. The van der Waals surface area contributed by atoms with Gasteiger partial charge >= 0.3 is 0 Å². The number of rotatable bonds is 1. The van der Waals surface area contributed by atoms with Crippen LogP contribution in [-0.2, 0) is 7.05 Å². The van der Waals surface area contributed by atoms with Gasteiger partial charge < -0.3 is 15.1 Å². The molecule has 4 heteroatoms. The van der Waals surface area contributed by atoms with E-state index in [4.69, 9.17) is 0 Å². The highest BCUT2D eigenvalue weighted by atomic mass is 16.3. The molecule has 0 saturated heterocycles. The molecule has 66 valence electrons. The molecule has 0 spiro atoms. The largest absolute Gasteiger partial charge is 0.504 e. The average Bonchev–Trinajstić information content (AvgIpc) is 1.96. The van der Waals surface area contributed by atoms with Gasteiger partial charge in [-0.3, -0.25) is 0 Å². The van der Waals surface area contributed by atoms with Crippen molar-refractivity contribution in [3.8, 4) is 5.75 Å². The van der Waals surface area contributed by atoms with Crippen molar-refractivity contribution in [2.75, 3.05) is 7.05 Å². The molecule has 0 amide bonds. The van der Waals surface area contributed by atoms with Crippen molar-refractivity contribution in [2.24, 2.45) is 12.1 Å². The van der Waals surface area contributed by atoms with Gasteiger partial charge in [0.1, 0.15) is 5.36 Å². The van der Waals surface area contributed by atoms with Crippen molar-refractivity contribution in [3.05, 3.63) is 23.3 Å². The minimum atomic E-state index is 0.187. The molecule has 0 unspecified atom stereocenters. The number of hydrogen-bond acceptors (Lipinski definition) is 3. The van der Waals surface area contributed by atoms with Crippen LogP contribution >= 0.6 is 0 Å². The van der Waals surface area contributed by atoms with Crippen LogP contribution in [0.3, 0.4) is 0 Å². The van der Waals surface area contributed by atoms with Gasteiger partial charge in [-0.25, -0.2) is 0 Å². The van der Waals surface area contributed by atoms with E-state index in [1.807, 2.05) is 20.2 Å². The van der Waals surface area contributed by atoms with E-state index >= 15 is 0 Å². The zero-order valence-corrected chi connectivity index (χ0v) is 7.50. The van der Waals surface area contributed by atoms with Gasteiger partial charge in [-0.15, -0.1) is 0 Å². The van der Waals surface area contributed by atoms with E-state index in [0.29, 0.717) is 5.36 Å². The summed E-state index contributed by atoms with van der Waals surface area (Å²) in [6.07, 6.45) is 3.51. The predicted octanol–water partition coefficient (Wildman–Crippen LogP) is 0.0742. The minimum absolute atomic E-state index is 0.187. The van der Waals surface area contributed by atoms with Crippen LogP contribution in [0.15, 0.2) is 17.5 Å². The van der Waals surface area contributed by atoms with Gasteiger partial charge in [-0.1, -0.05) is 0 Å². The van der Waals surface area contributed by atoms with Crippen LogP contribution in [-0.4, -0.2) is 16.7 Å². The Kier molecular flexibility index (Phi) is 2.38. The van der Waals surface area contributed by atoms with Crippen molar-refractivity contribution < 1.29 is 5.11 Å². The van der Waals surface area contributed by atoms with Gasteiger partial charge in [-0.05, 0) is 12.5 Å². The molecule has 0 aromatic carbocycles. The van der Waals surface area contributed by atoms with Crippen molar-refractivity contribution >= 4 is 0 Å². The summed E-state index contributed by atoms with van der Waals surface area (Å²) in [6, 6.07) is 0. The Bertz CT molecular complexity index is 314. The summed E-state index contributed by atoms with van der Waals surface area (Å²) < 4.78 is 1.79. The highest BCUT2D eigenvalue weighted by Crippen LogP contribution is 2.00. The van der Waals surface area contributed by atoms with Crippen LogP contribution in [0.2, 0.25) is 0 Å². The predicted molar refractivity (Wildman–Crippen MR) is 46.4 cm³/mol.